The average Bonchev–Trinajstić information content (AvgIpc) is 3.15. The van der Waals surface area contributed by atoms with Crippen molar-refractivity contribution in [2.45, 2.75) is 31.8 Å². The Bertz CT molecular complexity index is 669. The van der Waals surface area contributed by atoms with Gasteiger partial charge in [0.1, 0.15) is 0 Å². The summed E-state index contributed by atoms with van der Waals surface area (Å²) < 4.78 is 5.63. The van der Waals surface area contributed by atoms with Crippen LogP contribution in [0.15, 0.2) is 42.7 Å². The number of hydrogen-bond acceptors (Lipinski definition) is 4. The Morgan fingerprint density at radius 2 is 2.12 bits per heavy atom. The number of carbonyl (C=O) groups is 1. The first-order valence-electron chi connectivity index (χ1n) is 8.48. The number of rotatable bonds is 6. The minimum Gasteiger partial charge on any atom is -0.378 e. The van der Waals surface area contributed by atoms with Crippen molar-refractivity contribution in [2.24, 2.45) is 0 Å². The van der Waals surface area contributed by atoms with Gasteiger partial charge in [0.2, 0.25) is 0 Å². The van der Waals surface area contributed by atoms with Crippen LogP contribution < -0.4 is 0 Å². The maximum atomic E-state index is 12.6. The maximum absolute atomic E-state index is 12.6. The Morgan fingerprint density at radius 1 is 1.29 bits per heavy atom. The number of benzene rings is 1. The smallest absolute Gasteiger partial charge is 0.253 e. The molecule has 2 aromatic rings. The van der Waals surface area contributed by atoms with Gasteiger partial charge in [0, 0.05) is 43.7 Å². The van der Waals surface area contributed by atoms with E-state index >= 15 is 0 Å². The summed E-state index contributed by atoms with van der Waals surface area (Å²) in [6.45, 7) is 1.62. The van der Waals surface area contributed by atoms with E-state index in [0.29, 0.717) is 17.5 Å². The molecule has 1 atom stereocenters. The molecular formula is C19H23N3O2. The summed E-state index contributed by atoms with van der Waals surface area (Å²) in [7, 11) is 1.85. The largest absolute Gasteiger partial charge is 0.378 e. The van der Waals surface area contributed by atoms with Crippen LogP contribution in [0, 0.1) is 0 Å². The van der Waals surface area contributed by atoms with Gasteiger partial charge in [-0.3, -0.25) is 4.79 Å². The van der Waals surface area contributed by atoms with E-state index in [9.17, 15) is 4.79 Å². The van der Waals surface area contributed by atoms with Crippen LogP contribution >= 0.6 is 0 Å². The molecule has 1 fully saturated rings. The number of aromatic nitrogens is 2. The predicted octanol–water partition coefficient (Wildman–Crippen LogP) is 3.17. The lowest BCUT2D eigenvalue weighted by molar-refractivity contribution is 0.0763. The lowest BCUT2D eigenvalue weighted by Crippen LogP contribution is -2.28. The van der Waals surface area contributed by atoms with Crippen molar-refractivity contribution in [1.29, 1.82) is 0 Å². The Kier molecular flexibility index (Phi) is 5.54. The molecule has 1 aliphatic heterocycles. The monoisotopic (exact) mass is 325 g/mol. The summed E-state index contributed by atoms with van der Waals surface area (Å²) in [5, 5.41) is 0. The van der Waals surface area contributed by atoms with Crippen LogP contribution in [0.2, 0.25) is 0 Å². The molecule has 0 radical (unpaired) electrons. The van der Waals surface area contributed by atoms with E-state index in [2.05, 4.69) is 9.97 Å². The molecule has 0 bridgehead atoms. The summed E-state index contributed by atoms with van der Waals surface area (Å²) >= 11 is 0. The lowest BCUT2D eigenvalue weighted by Gasteiger charge is -2.18. The van der Waals surface area contributed by atoms with Gasteiger partial charge >= 0.3 is 0 Å². The zero-order chi connectivity index (χ0) is 16.8. The fraction of sp³-hybridized carbons (Fsp3) is 0.421. The molecule has 0 saturated carbocycles. The van der Waals surface area contributed by atoms with Crippen molar-refractivity contribution >= 4 is 5.91 Å². The van der Waals surface area contributed by atoms with E-state index in [0.717, 1.165) is 44.4 Å². The van der Waals surface area contributed by atoms with Gasteiger partial charge in [0.25, 0.3) is 5.91 Å². The summed E-state index contributed by atoms with van der Waals surface area (Å²) in [5.41, 5.74) is 1.52. The zero-order valence-electron chi connectivity index (χ0n) is 14.0. The lowest BCUT2D eigenvalue weighted by atomic mass is 10.1. The minimum absolute atomic E-state index is 0.0279. The maximum Gasteiger partial charge on any atom is 0.253 e. The van der Waals surface area contributed by atoms with Gasteiger partial charge < -0.3 is 9.64 Å². The first-order valence-corrected chi connectivity index (χ1v) is 8.48. The summed E-state index contributed by atoms with van der Waals surface area (Å²) in [6, 6.07) is 9.27. The Hall–Kier alpha value is -2.27. The van der Waals surface area contributed by atoms with Crippen LogP contribution in [0.1, 0.15) is 36.0 Å². The summed E-state index contributed by atoms with van der Waals surface area (Å²) in [5.74, 6) is 0.660. The molecule has 0 aliphatic carbocycles. The molecule has 1 amide bonds. The number of nitrogens with zero attached hydrogens (tertiary/aromatic N) is 3. The number of amides is 1. The molecule has 1 aliphatic rings. The molecule has 3 rings (SSSR count). The van der Waals surface area contributed by atoms with Crippen LogP contribution in [-0.4, -0.2) is 47.1 Å². The van der Waals surface area contributed by atoms with Crippen molar-refractivity contribution in [2.75, 3.05) is 20.2 Å². The SMILES string of the molecule is CN(CCC[C@H]1CCCO1)C(=O)c1cccc(-c2ncccn2)c1. The minimum atomic E-state index is 0.0279. The summed E-state index contributed by atoms with van der Waals surface area (Å²) in [4.78, 5) is 22.9. The third-order valence-corrected chi connectivity index (χ3v) is 4.32. The number of carbonyl (C=O) groups excluding carboxylic acids is 1. The van der Waals surface area contributed by atoms with Crippen molar-refractivity contribution < 1.29 is 9.53 Å². The van der Waals surface area contributed by atoms with Gasteiger partial charge in [0.15, 0.2) is 5.82 Å². The highest BCUT2D eigenvalue weighted by Crippen LogP contribution is 2.18. The van der Waals surface area contributed by atoms with Crippen LogP contribution in [0.25, 0.3) is 11.4 Å². The van der Waals surface area contributed by atoms with Gasteiger partial charge in [-0.05, 0) is 43.9 Å². The standard InChI is InChI=1S/C19H23N3O2/c1-22(12-3-8-17-9-4-13-24-17)19(23)16-7-2-6-15(14-16)18-20-10-5-11-21-18/h2,5-7,10-11,14,17H,3-4,8-9,12-13H2,1H3/t17-/m0/s1. The molecule has 5 heteroatoms. The molecule has 0 unspecified atom stereocenters. The Morgan fingerprint density at radius 3 is 2.88 bits per heavy atom. The predicted molar refractivity (Wildman–Crippen MR) is 92.6 cm³/mol. The van der Waals surface area contributed by atoms with Gasteiger partial charge in [-0.2, -0.15) is 0 Å². The second-order valence-electron chi connectivity index (χ2n) is 6.16. The Balaban J connectivity index is 1.59. The number of ether oxygens (including phenoxy) is 1. The third kappa shape index (κ3) is 4.17. The third-order valence-electron chi connectivity index (χ3n) is 4.32. The average molecular weight is 325 g/mol. The van der Waals surface area contributed by atoms with E-state index in [1.54, 1.807) is 23.4 Å². The van der Waals surface area contributed by atoms with Crippen molar-refractivity contribution in [3.63, 3.8) is 0 Å². The molecular weight excluding hydrogens is 302 g/mol. The molecule has 0 spiro atoms. The van der Waals surface area contributed by atoms with Crippen LogP contribution in [-0.2, 0) is 4.74 Å². The fourth-order valence-corrected chi connectivity index (χ4v) is 2.99. The molecule has 1 aromatic carbocycles. The highest BCUT2D eigenvalue weighted by atomic mass is 16.5. The van der Waals surface area contributed by atoms with E-state index in [4.69, 9.17) is 4.74 Å². The van der Waals surface area contributed by atoms with E-state index in [1.807, 2.05) is 31.3 Å². The van der Waals surface area contributed by atoms with Crippen LogP contribution in [0.4, 0.5) is 0 Å². The molecule has 2 heterocycles. The van der Waals surface area contributed by atoms with Crippen molar-refractivity contribution in [1.82, 2.24) is 14.9 Å². The molecule has 0 N–H and O–H groups in total. The number of hydrogen-bond donors (Lipinski definition) is 0. The summed E-state index contributed by atoms with van der Waals surface area (Å²) in [6.07, 6.45) is 8.09. The van der Waals surface area contributed by atoms with Crippen molar-refractivity contribution in [3.8, 4) is 11.4 Å². The van der Waals surface area contributed by atoms with E-state index < -0.39 is 0 Å². The fourth-order valence-electron chi connectivity index (χ4n) is 2.99. The van der Waals surface area contributed by atoms with Crippen LogP contribution in [0.5, 0.6) is 0 Å². The van der Waals surface area contributed by atoms with E-state index in [1.165, 1.54) is 0 Å². The molecule has 1 saturated heterocycles. The highest BCUT2D eigenvalue weighted by Gasteiger charge is 2.17. The molecule has 1 aromatic heterocycles. The van der Waals surface area contributed by atoms with Crippen LogP contribution in [0.3, 0.4) is 0 Å². The Labute approximate surface area is 142 Å². The molecule has 126 valence electrons. The molecule has 5 nitrogen and oxygen atoms in total. The van der Waals surface area contributed by atoms with Gasteiger partial charge in [0.05, 0.1) is 6.10 Å². The van der Waals surface area contributed by atoms with Crippen molar-refractivity contribution in [3.05, 3.63) is 48.3 Å². The second-order valence-corrected chi connectivity index (χ2v) is 6.16. The van der Waals surface area contributed by atoms with Gasteiger partial charge in [-0.25, -0.2) is 9.97 Å². The first kappa shape index (κ1) is 16.6. The highest BCUT2D eigenvalue weighted by molar-refractivity contribution is 5.95. The van der Waals surface area contributed by atoms with Gasteiger partial charge in [-0.15, -0.1) is 0 Å². The first-order chi connectivity index (χ1) is 11.7. The topological polar surface area (TPSA) is 55.3 Å². The normalized spacial score (nSPS) is 17.0. The zero-order valence-corrected chi connectivity index (χ0v) is 14.0. The second kappa shape index (κ2) is 8.02. The quantitative estimate of drug-likeness (QED) is 0.818. The van der Waals surface area contributed by atoms with E-state index in [-0.39, 0.29) is 5.91 Å². The molecule has 24 heavy (non-hydrogen) atoms. The van der Waals surface area contributed by atoms with Gasteiger partial charge in [-0.1, -0.05) is 12.1 Å².